The summed E-state index contributed by atoms with van der Waals surface area (Å²) in [5.74, 6) is 1.90. The fourth-order valence-corrected chi connectivity index (χ4v) is 4.19. The van der Waals surface area contributed by atoms with Crippen molar-refractivity contribution >= 4 is 21.1 Å². The lowest BCUT2D eigenvalue weighted by Gasteiger charge is -2.10. The van der Waals surface area contributed by atoms with Crippen LogP contribution in [-0.4, -0.2) is 15.4 Å². The Balaban J connectivity index is 3.07. The van der Waals surface area contributed by atoms with E-state index < -0.39 is 0 Å². The molecule has 0 unspecified atom stereocenters. The Hall–Kier alpha value is 0.507. The van der Waals surface area contributed by atoms with E-state index in [1.807, 2.05) is 0 Å². The van der Waals surface area contributed by atoms with Crippen LogP contribution < -0.4 is 0 Å². The molecule has 0 saturated carbocycles. The van der Waals surface area contributed by atoms with Crippen molar-refractivity contribution in [3.8, 4) is 0 Å². The molecule has 0 amide bonds. The smallest absolute Gasteiger partial charge is 0.0220 e. The molecule has 68 valence electrons. The highest BCUT2D eigenvalue weighted by molar-refractivity contribution is 6.35. The van der Waals surface area contributed by atoms with Gasteiger partial charge >= 0.3 is 0 Å². The van der Waals surface area contributed by atoms with Gasteiger partial charge in [-0.3, -0.25) is 0 Å². The fourth-order valence-electron chi connectivity index (χ4n) is 1.40. The predicted octanol–water partition coefficient (Wildman–Crippen LogP) is 3.06. The molecule has 11 heavy (non-hydrogen) atoms. The first-order chi connectivity index (χ1) is 5.35. The largest absolute Gasteiger partial charge is 0.127 e. The van der Waals surface area contributed by atoms with Gasteiger partial charge in [0.1, 0.15) is 0 Å². The van der Waals surface area contributed by atoms with Gasteiger partial charge in [-0.25, -0.2) is 0 Å². The number of hydrogen-bond donors (Lipinski definition) is 0. The third-order valence-corrected chi connectivity index (χ3v) is 4.89. The summed E-state index contributed by atoms with van der Waals surface area (Å²) < 4.78 is 0. The second-order valence-corrected chi connectivity index (χ2v) is 5.59. The van der Waals surface area contributed by atoms with Gasteiger partial charge in [0.2, 0.25) is 0 Å². The summed E-state index contributed by atoms with van der Waals surface area (Å²) in [5.41, 5.74) is 0. The summed E-state index contributed by atoms with van der Waals surface area (Å²) >= 11 is 5.61. The van der Waals surface area contributed by atoms with Crippen LogP contribution in [0.4, 0.5) is 0 Å². The summed E-state index contributed by atoms with van der Waals surface area (Å²) in [6.45, 7) is 4.62. The minimum Gasteiger partial charge on any atom is -0.127 e. The lowest BCUT2D eigenvalue weighted by atomic mass is 10.1. The van der Waals surface area contributed by atoms with Crippen LogP contribution in [0.25, 0.3) is 0 Å². The molecular weight excluding hydrogens is 172 g/mol. The highest BCUT2D eigenvalue weighted by Crippen LogP contribution is 2.13. The standard InChI is InChI=1S/C9H21ClSi/c1-3-9(4-2)8-11-7-5-6-10/h9H,3-8,11H2,1-2H3. The number of rotatable bonds is 7. The second kappa shape index (κ2) is 8.60. The van der Waals surface area contributed by atoms with Crippen molar-refractivity contribution in [1.82, 2.24) is 0 Å². The molecule has 0 aliphatic rings. The molecule has 0 fully saturated rings. The quantitative estimate of drug-likeness (QED) is 0.331. The van der Waals surface area contributed by atoms with E-state index in [1.54, 1.807) is 6.04 Å². The Bertz CT molecular complexity index is 72.0. The van der Waals surface area contributed by atoms with Crippen molar-refractivity contribution in [1.29, 1.82) is 0 Å². The molecule has 0 aliphatic carbocycles. The van der Waals surface area contributed by atoms with Crippen molar-refractivity contribution in [2.75, 3.05) is 5.88 Å². The highest BCUT2D eigenvalue weighted by Gasteiger charge is 2.01. The van der Waals surface area contributed by atoms with Gasteiger partial charge in [-0.1, -0.05) is 38.8 Å². The molecule has 0 aromatic carbocycles. The molecule has 0 bridgehead atoms. The molecule has 0 radical (unpaired) electrons. The van der Waals surface area contributed by atoms with Gasteiger partial charge in [-0.15, -0.1) is 11.6 Å². The molecule has 0 heterocycles. The van der Waals surface area contributed by atoms with E-state index in [0.717, 1.165) is 11.8 Å². The molecule has 0 aliphatic heterocycles. The highest BCUT2D eigenvalue weighted by atomic mass is 35.5. The molecule has 0 atom stereocenters. The fraction of sp³-hybridized carbons (Fsp3) is 1.00. The van der Waals surface area contributed by atoms with Crippen LogP contribution in [0.2, 0.25) is 12.1 Å². The maximum Gasteiger partial charge on any atom is 0.0220 e. The Labute approximate surface area is 78.5 Å². The summed E-state index contributed by atoms with van der Waals surface area (Å²) in [6, 6.07) is 3.00. The molecule has 0 nitrogen and oxygen atoms in total. The molecule has 0 aromatic heterocycles. The average molecular weight is 193 g/mol. The van der Waals surface area contributed by atoms with E-state index in [0.29, 0.717) is 0 Å². The van der Waals surface area contributed by atoms with Gasteiger partial charge in [-0.2, -0.15) is 0 Å². The predicted molar refractivity (Wildman–Crippen MR) is 57.6 cm³/mol. The third-order valence-electron chi connectivity index (χ3n) is 2.40. The Morgan fingerprint density at radius 2 is 1.91 bits per heavy atom. The lowest BCUT2D eigenvalue weighted by molar-refractivity contribution is 0.541. The molecule has 0 N–H and O–H groups in total. The maximum absolute atomic E-state index is 5.61. The minimum absolute atomic E-state index is 0.246. The summed E-state index contributed by atoms with van der Waals surface area (Å²) in [7, 11) is 0.246. The van der Waals surface area contributed by atoms with E-state index in [-0.39, 0.29) is 9.52 Å². The van der Waals surface area contributed by atoms with E-state index >= 15 is 0 Å². The molecule has 0 saturated heterocycles. The van der Waals surface area contributed by atoms with E-state index in [9.17, 15) is 0 Å². The van der Waals surface area contributed by atoms with Crippen molar-refractivity contribution in [2.45, 2.75) is 45.2 Å². The summed E-state index contributed by atoms with van der Waals surface area (Å²) in [6.07, 6.45) is 4.02. The summed E-state index contributed by atoms with van der Waals surface area (Å²) in [4.78, 5) is 0. The Morgan fingerprint density at radius 3 is 2.36 bits per heavy atom. The number of hydrogen-bond acceptors (Lipinski definition) is 0. The molecule has 0 aromatic rings. The number of alkyl halides is 1. The maximum atomic E-state index is 5.61. The van der Waals surface area contributed by atoms with Crippen molar-refractivity contribution in [3.05, 3.63) is 0 Å². The van der Waals surface area contributed by atoms with Crippen LogP contribution in [0.15, 0.2) is 0 Å². The van der Waals surface area contributed by atoms with Crippen molar-refractivity contribution in [3.63, 3.8) is 0 Å². The van der Waals surface area contributed by atoms with Crippen LogP contribution in [-0.2, 0) is 0 Å². The SMILES string of the molecule is CCC(CC)C[SiH2]CCCCl. The van der Waals surface area contributed by atoms with Crippen LogP contribution >= 0.6 is 11.6 Å². The van der Waals surface area contributed by atoms with Crippen molar-refractivity contribution in [2.24, 2.45) is 5.92 Å². The first-order valence-electron chi connectivity index (χ1n) is 4.91. The van der Waals surface area contributed by atoms with Crippen LogP contribution in [0.3, 0.4) is 0 Å². The topological polar surface area (TPSA) is 0 Å². The second-order valence-electron chi connectivity index (χ2n) is 3.22. The van der Waals surface area contributed by atoms with Gasteiger partial charge in [0.05, 0.1) is 0 Å². The van der Waals surface area contributed by atoms with Crippen molar-refractivity contribution < 1.29 is 0 Å². The first kappa shape index (κ1) is 11.5. The van der Waals surface area contributed by atoms with Gasteiger partial charge < -0.3 is 0 Å². The molecule has 2 heteroatoms. The van der Waals surface area contributed by atoms with Gasteiger partial charge in [-0.05, 0) is 12.3 Å². The monoisotopic (exact) mass is 192 g/mol. The zero-order chi connectivity index (χ0) is 8.53. The van der Waals surface area contributed by atoms with E-state index in [1.165, 1.54) is 25.3 Å². The van der Waals surface area contributed by atoms with E-state index in [2.05, 4.69) is 13.8 Å². The van der Waals surface area contributed by atoms with Crippen LogP contribution in [0.5, 0.6) is 0 Å². The normalized spacial score (nSPS) is 12.0. The number of halogens is 1. The molecule has 0 spiro atoms. The van der Waals surface area contributed by atoms with Gasteiger partial charge in [0.25, 0.3) is 0 Å². The van der Waals surface area contributed by atoms with Gasteiger partial charge in [0, 0.05) is 15.4 Å². The molecule has 0 rings (SSSR count). The Kier molecular flexibility index (Phi) is 9.00. The first-order valence-corrected chi connectivity index (χ1v) is 7.44. The van der Waals surface area contributed by atoms with Crippen LogP contribution in [0.1, 0.15) is 33.1 Å². The molecular formula is C9H21ClSi. The average Bonchev–Trinajstić information content (AvgIpc) is 2.05. The van der Waals surface area contributed by atoms with Crippen LogP contribution in [0, 0.1) is 5.92 Å². The lowest BCUT2D eigenvalue weighted by Crippen LogP contribution is -2.01. The zero-order valence-corrected chi connectivity index (χ0v) is 10.1. The van der Waals surface area contributed by atoms with E-state index in [4.69, 9.17) is 11.6 Å². The Morgan fingerprint density at radius 1 is 1.27 bits per heavy atom. The zero-order valence-electron chi connectivity index (χ0n) is 7.91. The summed E-state index contributed by atoms with van der Waals surface area (Å²) in [5, 5.41) is 0. The van der Waals surface area contributed by atoms with Gasteiger partial charge in [0.15, 0.2) is 0 Å². The minimum atomic E-state index is 0.246. The third kappa shape index (κ3) is 6.89.